The maximum absolute atomic E-state index is 13.2. The summed E-state index contributed by atoms with van der Waals surface area (Å²) in [5, 5.41) is 22.3. The lowest BCUT2D eigenvalue weighted by molar-refractivity contribution is 0.266. The van der Waals surface area contributed by atoms with Crippen molar-refractivity contribution in [2.24, 2.45) is 0 Å². The SMILES string of the molecule is Cc1nn(-c2ccc(F)cc2)c(Cl)c1CN[C@@H]1CCCc2c1cnn2CCO. The van der Waals surface area contributed by atoms with Crippen LogP contribution in [0.15, 0.2) is 30.5 Å². The maximum atomic E-state index is 13.2. The molecule has 2 aromatic heterocycles. The van der Waals surface area contributed by atoms with E-state index in [1.54, 1.807) is 16.8 Å². The average molecular weight is 404 g/mol. The molecule has 6 nitrogen and oxygen atoms in total. The van der Waals surface area contributed by atoms with Crippen LogP contribution in [0.1, 0.15) is 41.4 Å². The van der Waals surface area contributed by atoms with Crippen LogP contribution in [0.4, 0.5) is 4.39 Å². The predicted octanol–water partition coefficient (Wildman–Crippen LogP) is 3.33. The molecule has 0 fully saturated rings. The van der Waals surface area contributed by atoms with Crippen molar-refractivity contribution in [2.75, 3.05) is 6.61 Å². The molecule has 2 heterocycles. The summed E-state index contributed by atoms with van der Waals surface area (Å²) < 4.78 is 16.7. The van der Waals surface area contributed by atoms with E-state index in [1.807, 2.05) is 17.8 Å². The molecule has 1 aromatic carbocycles. The molecule has 1 atom stereocenters. The van der Waals surface area contributed by atoms with Crippen LogP contribution in [0.25, 0.3) is 5.69 Å². The largest absolute Gasteiger partial charge is 0.394 e. The van der Waals surface area contributed by atoms with Crippen LogP contribution in [0.2, 0.25) is 5.15 Å². The number of aliphatic hydroxyl groups is 1. The van der Waals surface area contributed by atoms with Gasteiger partial charge in [-0.1, -0.05) is 11.6 Å². The van der Waals surface area contributed by atoms with Crippen molar-refractivity contribution in [3.8, 4) is 5.69 Å². The zero-order valence-electron chi connectivity index (χ0n) is 15.7. The molecule has 148 valence electrons. The van der Waals surface area contributed by atoms with E-state index in [0.717, 1.165) is 36.2 Å². The van der Waals surface area contributed by atoms with E-state index in [0.29, 0.717) is 18.2 Å². The molecular weight excluding hydrogens is 381 g/mol. The van der Waals surface area contributed by atoms with Gasteiger partial charge < -0.3 is 10.4 Å². The van der Waals surface area contributed by atoms with E-state index in [4.69, 9.17) is 11.6 Å². The summed E-state index contributed by atoms with van der Waals surface area (Å²) in [5.41, 5.74) is 4.89. The van der Waals surface area contributed by atoms with E-state index in [9.17, 15) is 9.50 Å². The number of fused-ring (bicyclic) bond motifs is 1. The number of halogens is 2. The van der Waals surface area contributed by atoms with Gasteiger partial charge in [0.15, 0.2) is 0 Å². The number of nitrogens with one attached hydrogen (secondary N) is 1. The summed E-state index contributed by atoms with van der Waals surface area (Å²) in [6.07, 6.45) is 4.98. The second kappa shape index (κ2) is 8.03. The number of hydrogen-bond donors (Lipinski definition) is 2. The Balaban J connectivity index is 1.53. The van der Waals surface area contributed by atoms with Crippen LogP contribution < -0.4 is 5.32 Å². The molecule has 1 aliphatic carbocycles. The summed E-state index contributed by atoms with van der Waals surface area (Å²) in [4.78, 5) is 0. The maximum Gasteiger partial charge on any atom is 0.137 e. The summed E-state index contributed by atoms with van der Waals surface area (Å²) in [5.74, 6) is -0.291. The van der Waals surface area contributed by atoms with Crippen LogP contribution in [0, 0.1) is 12.7 Å². The van der Waals surface area contributed by atoms with Crippen LogP contribution in [-0.2, 0) is 19.5 Å². The fourth-order valence-corrected chi connectivity index (χ4v) is 4.17. The van der Waals surface area contributed by atoms with Crippen molar-refractivity contribution < 1.29 is 9.50 Å². The highest BCUT2D eigenvalue weighted by Crippen LogP contribution is 2.31. The molecule has 3 aromatic rings. The Bertz CT molecular complexity index is 966. The average Bonchev–Trinajstić information content (AvgIpc) is 3.23. The molecular formula is C20H23ClFN5O. The highest BCUT2D eigenvalue weighted by atomic mass is 35.5. The minimum absolute atomic E-state index is 0.0869. The van der Waals surface area contributed by atoms with Gasteiger partial charge in [0, 0.05) is 29.4 Å². The second-order valence-electron chi connectivity index (χ2n) is 7.06. The zero-order valence-corrected chi connectivity index (χ0v) is 16.5. The molecule has 0 spiro atoms. The lowest BCUT2D eigenvalue weighted by Gasteiger charge is -2.24. The molecule has 4 rings (SSSR count). The number of rotatable bonds is 6. The van der Waals surface area contributed by atoms with E-state index >= 15 is 0 Å². The van der Waals surface area contributed by atoms with Gasteiger partial charge >= 0.3 is 0 Å². The van der Waals surface area contributed by atoms with Gasteiger partial charge in [0.1, 0.15) is 11.0 Å². The molecule has 28 heavy (non-hydrogen) atoms. The second-order valence-corrected chi connectivity index (χ2v) is 7.42. The Morgan fingerprint density at radius 3 is 2.86 bits per heavy atom. The molecule has 0 saturated heterocycles. The molecule has 0 saturated carbocycles. The molecule has 1 aliphatic rings. The van der Waals surface area contributed by atoms with Gasteiger partial charge in [0.2, 0.25) is 0 Å². The Labute approximate surface area is 167 Å². The number of nitrogens with zero attached hydrogens (tertiary/aromatic N) is 4. The summed E-state index contributed by atoms with van der Waals surface area (Å²) in [7, 11) is 0. The van der Waals surface area contributed by atoms with E-state index in [2.05, 4.69) is 15.5 Å². The lowest BCUT2D eigenvalue weighted by atomic mass is 9.93. The molecule has 0 aliphatic heterocycles. The molecule has 0 amide bonds. The number of aliphatic hydroxyl groups excluding tert-OH is 1. The van der Waals surface area contributed by atoms with Gasteiger partial charge in [0.05, 0.1) is 30.7 Å². The van der Waals surface area contributed by atoms with Crippen molar-refractivity contribution in [3.05, 3.63) is 63.9 Å². The highest BCUT2D eigenvalue weighted by molar-refractivity contribution is 6.30. The van der Waals surface area contributed by atoms with Crippen molar-refractivity contribution >= 4 is 11.6 Å². The van der Waals surface area contributed by atoms with Crippen molar-refractivity contribution in [2.45, 2.75) is 45.3 Å². The third-order valence-electron chi connectivity index (χ3n) is 5.29. The minimum atomic E-state index is -0.291. The zero-order chi connectivity index (χ0) is 19.7. The fourth-order valence-electron chi connectivity index (χ4n) is 3.83. The topological polar surface area (TPSA) is 67.9 Å². The van der Waals surface area contributed by atoms with Gasteiger partial charge in [-0.05, 0) is 50.5 Å². The molecule has 0 radical (unpaired) electrons. The Morgan fingerprint density at radius 1 is 1.32 bits per heavy atom. The number of aryl methyl sites for hydroxylation is 1. The number of hydrogen-bond acceptors (Lipinski definition) is 4. The number of benzene rings is 1. The first-order chi connectivity index (χ1) is 13.6. The summed E-state index contributed by atoms with van der Waals surface area (Å²) in [6.45, 7) is 3.12. The molecule has 2 N–H and O–H groups in total. The van der Waals surface area contributed by atoms with Crippen LogP contribution in [-0.4, -0.2) is 31.3 Å². The first kappa shape index (κ1) is 19.1. The molecule has 0 bridgehead atoms. The van der Waals surface area contributed by atoms with E-state index < -0.39 is 0 Å². The van der Waals surface area contributed by atoms with Crippen molar-refractivity contribution in [1.82, 2.24) is 24.9 Å². The third kappa shape index (κ3) is 3.57. The van der Waals surface area contributed by atoms with Crippen LogP contribution in [0.3, 0.4) is 0 Å². The van der Waals surface area contributed by atoms with Gasteiger partial charge in [-0.25, -0.2) is 9.07 Å². The Morgan fingerprint density at radius 2 is 2.11 bits per heavy atom. The van der Waals surface area contributed by atoms with Crippen LogP contribution in [0.5, 0.6) is 0 Å². The highest BCUT2D eigenvalue weighted by Gasteiger charge is 2.25. The quantitative estimate of drug-likeness (QED) is 0.662. The standard InChI is InChI=1S/C20H23ClFN5O/c1-13-16(20(21)27(25-13)15-7-5-14(22)6-8-15)11-23-18-3-2-4-19-17(18)12-24-26(19)9-10-28/h5-8,12,18,23,28H,2-4,9-11H2,1H3/t18-/m1/s1. The van der Waals surface area contributed by atoms with E-state index in [1.165, 1.54) is 23.4 Å². The van der Waals surface area contributed by atoms with Crippen LogP contribution >= 0.6 is 11.6 Å². The lowest BCUT2D eigenvalue weighted by Crippen LogP contribution is -2.25. The minimum Gasteiger partial charge on any atom is -0.394 e. The summed E-state index contributed by atoms with van der Waals surface area (Å²) >= 11 is 6.59. The Kier molecular flexibility index (Phi) is 5.48. The summed E-state index contributed by atoms with van der Waals surface area (Å²) in [6, 6.07) is 6.31. The number of aromatic nitrogens is 4. The van der Waals surface area contributed by atoms with Crippen molar-refractivity contribution in [3.63, 3.8) is 0 Å². The molecule has 8 heteroatoms. The monoisotopic (exact) mass is 403 g/mol. The normalized spacial score (nSPS) is 16.4. The van der Waals surface area contributed by atoms with Gasteiger partial charge in [-0.2, -0.15) is 10.2 Å². The first-order valence-electron chi connectivity index (χ1n) is 9.47. The van der Waals surface area contributed by atoms with Gasteiger partial charge in [-0.3, -0.25) is 4.68 Å². The van der Waals surface area contributed by atoms with Gasteiger partial charge in [0.25, 0.3) is 0 Å². The van der Waals surface area contributed by atoms with Gasteiger partial charge in [-0.15, -0.1) is 0 Å². The Hall–Kier alpha value is -2.22. The smallest absolute Gasteiger partial charge is 0.137 e. The molecule has 0 unspecified atom stereocenters. The van der Waals surface area contributed by atoms with E-state index in [-0.39, 0.29) is 18.5 Å². The van der Waals surface area contributed by atoms with Crippen molar-refractivity contribution in [1.29, 1.82) is 0 Å². The first-order valence-corrected chi connectivity index (χ1v) is 9.85. The fraction of sp³-hybridized carbons (Fsp3) is 0.400. The third-order valence-corrected chi connectivity index (χ3v) is 5.68. The predicted molar refractivity (Wildman–Crippen MR) is 105 cm³/mol.